The minimum Gasteiger partial charge on any atom is -0.497 e. The average Bonchev–Trinajstić information content (AvgIpc) is 2.78. The lowest BCUT2D eigenvalue weighted by molar-refractivity contribution is 0.0984. The summed E-state index contributed by atoms with van der Waals surface area (Å²) in [6, 6.07) is 24.1. The zero-order chi connectivity index (χ0) is 21.1. The number of carbonyl (C=O) groups is 1. The monoisotopic (exact) mass is 398 g/mol. The quantitative estimate of drug-likeness (QED) is 0.530. The molecule has 150 valence electrons. The van der Waals surface area contributed by atoms with E-state index in [4.69, 9.17) is 4.74 Å². The van der Waals surface area contributed by atoms with Gasteiger partial charge in [0.2, 0.25) is 0 Å². The van der Waals surface area contributed by atoms with Gasteiger partial charge in [0, 0.05) is 22.3 Å². The van der Waals surface area contributed by atoms with Gasteiger partial charge in [0.1, 0.15) is 5.75 Å². The van der Waals surface area contributed by atoms with Crippen molar-refractivity contribution in [1.29, 1.82) is 0 Å². The second kappa shape index (κ2) is 8.25. The van der Waals surface area contributed by atoms with E-state index in [9.17, 15) is 9.59 Å². The molecule has 0 saturated heterocycles. The Morgan fingerprint density at radius 2 is 1.73 bits per heavy atom. The Hall–Kier alpha value is -3.86. The number of aromatic nitrogens is 1. The van der Waals surface area contributed by atoms with Gasteiger partial charge in [-0.3, -0.25) is 9.59 Å². The van der Waals surface area contributed by atoms with E-state index in [1.807, 2.05) is 61.5 Å². The zero-order valence-corrected chi connectivity index (χ0v) is 16.9. The van der Waals surface area contributed by atoms with E-state index in [-0.39, 0.29) is 18.0 Å². The maximum atomic E-state index is 13.4. The summed E-state index contributed by atoms with van der Waals surface area (Å²) in [7, 11) is 1.57. The Balaban J connectivity index is 1.77. The lowest BCUT2D eigenvalue weighted by Crippen LogP contribution is -2.32. The molecule has 0 atom stereocenters. The lowest BCUT2D eigenvalue weighted by atomic mass is 10.1. The van der Waals surface area contributed by atoms with Crippen LogP contribution in [0.5, 0.6) is 5.75 Å². The number of methoxy groups -OCH3 is 1. The molecule has 0 spiro atoms. The Labute approximate surface area is 174 Å². The summed E-state index contributed by atoms with van der Waals surface area (Å²) in [6.07, 6.45) is 0. The predicted octanol–water partition coefficient (Wildman–Crippen LogP) is 4.69. The molecule has 1 amide bonds. The van der Waals surface area contributed by atoms with E-state index < -0.39 is 0 Å². The van der Waals surface area contributed by atoms with Crippen LogP contribution in [0.1, 0.15) is 21.5 Å². The molecular formula is C25H22N2O3. The van der Waals surface area contributed by atoms with Crippen LogP contribution in [0.25, 0.3) is 10.9 Å². The molecule has 30 heavy (non-hydrogen) atoms. The fraction of sp³-hybridized carbons (Fsp3) is 0.120. The number of benzene rings is 3. The van der Waals surface area contributed by atoms with Gasteiger partial charge < -0.3 is 14.6 Å². The minimum absolute atomic E-state index is 0.152. The molecule has 4 aromatic rings. The number of amides is 1. The number of H-pyrrole nitrogens is 1. The summed E-state index contributed by atoms with van der Waals surface area (Å²) in [4.78, 5) is 30.7. The Morgan fingerprint density at radius 3 is 2.50 bits per heavy atom. The number of carbonyl (C=O) groups excluding carboxylic acids is 1. The van der Waals surface area contributed by atoms with Crippen LogP contribution in [0, 0.1) is 6.92 Å². The maximum absolute atomic E-state index is 13.4. The van der Waals surface area contributed by atoms with Crippen molar-refractivity contribution in [2.45, 2.75) is 13.5 Å². The molecule has 1 heterocycles. The molecule has 3 aromatic carbocycles. The van der Waals surface area contributed by atoms with Crippen molar-refractivity contribution in [2.75, 3.05) is 12.0 Å². The fourth-order valence-corrected chi connectivity index (χ4v) is 3.40. The summed E-state index contributed by atoms with van der Waals surface area (Å²) in [5.41, 5.74) is 3.39. The summed E-state index contributed by atoms with van der Waals surface area (Å²) < 4.78 is 5.27. The molecule has 1 N–H and O–H groups in total. The number of aryl methyl sites for hydroxylation is 1. The van der Waals surface area contributed by atoms with Crippen LogP contribution in [-0.4, -0.2) is 18.0 Å². The molecule has 5 nitrogen and oxygen atoms in total. The SMILES string of the molecule is COc1cccc(C(=O)N(Cc2cc3ccccc3[nH]c2=O)c2ccc(C)cc2)c1. The number of rotatable bonds is 5. The van der Waals surface area contributed by atoms with Gasteiger partial charge in [-0.25, -0.2) is 0 Å². The van der Waals surface area contributed by atoms with Gasteiger partial charge in [-0.1, -0.05) is 42.0 Å². The van der Waals surface area contributed by atoms with E-state index in [2.05, 4.69) is 4.98 Å². The van der Waals surface area contributed by atoms with E-state index >= 15 is 0 Å². The van der Waals surface area contributed by atoms with Crippen LogP contribution in [0.3, 0.4) is 0 Å². The second-order valence-electron chi connectivity index (χ2n) is 7.17. The molecule has 0 saturated carbocycles. The molecule has 0 fully saturated rings. The van der Waals surface area contributed by atoms with Crippen molar-refractivity contribution in [3.8, 4) is 5.75 Å². The topological polar surface area (TPSA) is 62.4 Å². The maximum Gasteiger partial charge on any atom is 0.258 e. The van der Waals surface area contributed by atoms with Crippen molar-refractivity contribution >= 4 is 22.5 Å². The van der Waals surface area contributed by atoms with Gasteiger partial charge in [0.15, 0.2) is 0 Å². The fourth-order valence-electron chi connectivity index (χ4n) is 3.40. The first kappa shape index (κ1) is 19.5. The highest BCUT2D eigenvalue weighted by Gasteiger charge is 2.20. The van der Waals surface area contributed by atoms with E-state index in [1.54, 1.807) is 36.3 Å². The van der Waals surface area contributed by atoms with Gasteiger partial charge in [0.25, 0.3) is 11.5 Å². The highest BCUT2D eigenvalue weighted by atomic mass is 16.5. The van der Waals surface area contributed by atoms with Gasteiger partial charge in [-0.05, 0) is 54.8 Å². The normalized spacial score (nSPS) is 10.7. The van der Waals surface area contributed by atoms with Crippen LogP contribution < -0.4 is 15.2 Å². The number of pyridine rings is 1. The molecule has 1 aromatic heterocycles. The van der Waals surface area contributed by atoms with Crippen molar-refractivity contribution < 1.29 is 9.53 Å². The molecular weight excluding hydrogens is 376 g/mol. The number of nitrogens with one attached hydrogen (secondary N) is 1. The van der Waals surface area contributed by atoms with Crippen LogP contribution in [0.2, 0.25) is 0 Å². The number of ether oxygens (including phenoxy) is 1. The Morgan fingerprint density at radius 1 is 0.967 bits per heavy atom. The third-order valence-corrected chi connectivity index (χ3v) is 5.07. The van der Waals surface area contributed by atoms with Crippen LogP contribution in [0.15, 0.2) is 83.7 Å². The summed E-state index contributed by atoms with van der Waals surface area (Å²) in [5, 5.41) is 0.921. The number of hydrogen-bond acceptors (Lipinski definition) is 3. The Kier molecular flexibility index (Phi) is 5.35. The average molecular weight is 398 g/mol. The number of aromatic amines is 1. The predicted molar refractivity (Wildman–Crippen MR) is 119 cm³/mol. The van der Waals surface area contributed by atoms with Crippen molar-refractivity contribution in [2.24, 2.45) is 0 Å². The Bertz CT molecular complexity index is 1260. The summed E-state index contributed by atoms with van der Waals surface area (Å²) in [6.45, 7) is 2.14. The summed E-state index contributed by atoms with van der Waals surface area (Å²) >= 11 is 0. The molecule has 0 bridgehead atoms. The highest BCUT2D eigenvalue weighted by Crippen LogP contribution is 2.23. The standard InChI is InChI=1S/C25H22N2O3/c1-17-10-12-21(13-11-17)27(25(29)19-7-5-8-22(15-19)30-2)16-20-14-18-6-3-4-9-23(18)26-24(20)28/h3-15H,16H2,1-2H3,(H,26,28). The first-order valence-electron chi connectivity index (χ1n) is 9.69. The summed E-state index contributed by atoms with van der Waals surface area (Å²) in [5.74, 6) is 0.401. The van der Waals surface area contributed by atoms with E-state index in [0.717, 1.165) is 22.2 Å². The first-order chi connectivity index (χ1) is 14.5. The van der Waals surface area contributed by atoms with E-state index in [1.165, 1.54) is 0 Å². The first-order valence-corrected chi connectivity index (χ1v) is 9.69. The molecule has 0 unspecified atom stereocenters. The third kappa shape index (κ3) is 3.96. The van der Waals surface area contributed by atoms with Crippen LogP contribution in [-0.2, 0) is 6.54 Å². The smallest absolute Gasteiger partial charge is 0.258 e. The van der Waals surface area contributed by atoms with Crippen molar-refractivity contribution in [1.82, 2.24) is 4.98 Å². The number of hydrogen-bond donors (Lipinski definition) is 1. The minimum atomic E-state index is -0.204. The van der Waals surface area contributed by atoms with Crippen LogP contribution >= 0.6 is 0 Å². The largest absolute Gasteiger partial charge is 0.497 e. The third-order valence-electron chi connectivity index (χ3n) is 5.07. The highest BCUT2D eigenvalue weighted by molar-refractivity contribution is 6.06. The zero-order valence-electron chi connectivity index (χ0n) is 16.9. The van der Waals surface area contributed by atoms with Crippen molar-refractivity contribution in [3.05, 3.63) is 106 Å². The van der Waals surface area contributed by atoms with Gasteiger partial charge in [-0.15, -0.1) is 0 Å². The molecule has 0 aliphatic heterocycles. The molecule has 4 rings (SSSR count). The van der Waals surface area contributed by atoms with Crippen LogP contribution in [0.4, 0.5) is 5.69 Å². The lowest BCUT2D eigenvalue weighted by Gasteiger charge is -2.23. The number of nitrogens with zero attached hydrogens (tertiary/aromatic N) is 1. The molecule has 5 heteroatoms. The number of anilines is 1. The molecule has 0 aliphatic carbocycles. The second-order valence-corrected chi connectivity index (χ2v) is 7.17. The van der Waals surface area contributed by atoms with Crippen molar-refractivity contribution in [3.63, 3.8) is 0 Å². The van der Waals surface area contributed by atoms with Gasteiger partial charge in [0.05, 0.1) is 13.7 Å². The number of fused-ring (bicyclic) bond motifs is 1. The molecule has 0 radical (unpaired) electrons. The van der Waals surface area contributed by atoms with E-state index in [0.29, 0.717) is 16.9 Å². The van der Waals surface area contributed by atoms with Gasteiger partial charge in [-0.2, -0.15) is 0 Å². The van der Waals surface area contributed by atoms with Gasteiger partial charge >= 0.3 is 0 Å². The molecule has 0 aliphatic rings. The number of para-hydroxylation sites is 1.